The highest BCUT2D eigenvalue weighted by Gasteiger charge is 2.53. The Labute approximate surface area is 134 Å². The van der Waals surface area contributed by atoms with E-state index in [9.17, 15) is 4.79 Å². The number of carbonyl (C=O) groups excluding carboxylic acids is 1. The van der Waals surface area contributed by atoms with Crippen molar-refractivity contribution in [3.8, 4) is 0 Å². The maximum atomic E-state index is 12.9. The largest absolute Gasteiger partial charge is 0.311 e. The third-order valence-electron chi connectivity index (χ3n) is 5.09. The lowest BCUT2D eigenvalue weighted by Crippen LogP contribution is -2.46. The van der Waals surface area contributed by atoms with E-state index in [1.807, 2.05) is 23.1 Å². The lowest BCUT2D eigenvalue weighted by atomic mass is 9.88. The zero-order chi connectivity index (χ0) is 15.4. The number of hydrogen-bond acceptors (Lipinski definition) is 2. The van der Waals surface area contributed by atoms with Crippen molar-refractivity contribution in [1.29, 1.82) is 0 Å². The quantitative estimate of drug-likeness (QED) is 0.749. The fourth-order valence-corrected chi connectivity index (χ4v) is 4.16. The van der Waals surface area contributed by atoms with Gasteiger partial charge in [0, 0.05) is 29.8 Å². The standard InChI is InChI=1S/C20H16N2O/c23-19-16-9-3-4-10-18(16)20(21-12-13-22(19)20)17-11-5-7-14-6-1-2-8-15(14)17/h1-11,21H,12-13H2. The molecule has 3 aromatic carbocycles. The summed E-state index contributed by atoms with van der Waals surface area (Å²) in [5, 5.41) is 6.02. The predicted octanol–water partition coefficient (Wildman–Crippen LogP) is 3.10. The highest BCUT2D eigenvalue weighted by molar-refractivity contribution is 6.02. The summed E-state index contributed by atoms with van der Waals surface area (Å²) in [7, 11) is 0. The van der Waals surface area contributed by atoms with Crippen molar-refractivity contribution in [2.24, 2.45) is 0 Å². The van der Waals surface area contributed by atoms with Crippen molar-refractivity contribution in [3.63, 3.8) is 0 Å². The molecule has 0 aliphatic carbocycles. The summed E-state index contributed by atoms with van der Waals surface area (Å²) < 4.78 is 0. The van der Waals surface area contributed by atoms with Crippen LogP contribution in [0.3, 0.4) is 0 Å². The van der Waals surface area contributed by atoms with Gasteiger partial charge in [0.2, 0.25) is 0 Å². The Balaban J connectivity index is 1.89. The van der Waals surface area contributed by atoms with Gasteiger partial charge in [0.1, 0.15) is 5.66 Å². The Morgan fingerprint density at radius 1 is 0.870 bits per heavy atom. The van der Waals surface area contributed by atoms with E-state index in [-0.39, 0.29) is 5.91 Å². The Hall–Kier alpha value is -2.65. The summed E-state index contributed by atoms with van der Waals surface area (Å²) in [5.41, 5.74) is 2.51. The van der Waals surface area contributed by atoms with Crippen LogP contribution in [0.4, 0.5) is 0 Å². The van der Waals surface area contributed by atoms with Gasteiger partial charge < -0.3 is 4.90 Å². The zero-order valence-corrected chi connectivity index (χ0v) is 12.6. The maximum Gasteiger partial charge on any atom is 0.256 e. The maximum absolute atomic E-state index is 12.9. The summed E-state index contributed by atoms with van der Waals surface area (Å²) in [5.74, 6) is 0.124. The third kappa shape index (κ3) is 1.50. The van der Waals surface area contributed by atoms with Crippen molar-refractivity contribution in [3.05, 3.63) is 83.4 Å². The number of carbonyl (C=O) groups is 1. The molecule has 2 aliphatic rings. The van der Waals surface area contributed by atoms with Crippen LogP contribution in [0.1, 0.15) is 21.5 Å². The van der Waals surface area contributed by atoms with Gasteiger partial charge in [-0.15, -0.1) is 0 Å². The van der Waals surface area contributed by atoms with Crippen molar-refractivity contribution >= 4 is 16.7 Å². The first-order valence-electron chi connectivity index (χ1n) is 7.97. The Kier molecular flexibility index (Phi) is 2.48. The molecule has 3 aromatic rings. The SMILES string of the molecule is O=C1c2ccccc2C2(c3cccc4ccccc34)NCCN12. The molecule has 1 amide bonds. The second-order valence-electron chi connectivity index (χ2n) is 6.17. The minimum absolute atomic E-state index is 0.124. The van der Waals surface area contributed by atoms with Crippen LogP contribution < -0.4 is 5.32 Å². The molecule has 23 heavy (non-hydrogen) atoms. The number of fused-ring (bicyclic) bond motifs is 4. The molecule has 2 aliphatic heterocycles. The van der Waals surface area contributed by atoms with Gasteiger partial charge in [-0.1, -0.05) is 60.7 Å². The molecule has 112 valence electrons. The molecule has 1 unspecified atom stereocenters. The monoisotopic (exact) mass is 300 g/mol. The molecule has 3 heteroatoms. The molecular weight excluding hydrogens is 284 g/mol. The molecule has 2 heterocycles. The molecule has 1 atom stereocenters. The van der Waals surface area contributed by atoms with Crippen molar-refractivity contribution in [2.45, 2.75) is 5.66 Å². The highest BCUT2D eigenvalue weighted by Crippen LogP contribution is 2.46. The van der Waals surface area contributed by atoms with Gasteiger partial charge in [0.05, 0.1) is 0 Å². The molecule has 0 aromatic heterocycles. The second kappa shape index (κ2) is 4.43. The first-order chi connectivity index (χ1) is 11.3. The van der Waals surface area contributed by atoms with Gasteiger partial charge in [-0.3, -0.25) is 10.1 Å². The van der Waals surface area contributed by atoms with Crippen LogP contribution in [0.15, 0.2) is 66.7 Å². The van der Waals surface area contributed by atoms with Gasteiger partial charge in [-0.2, -0.15) is 0 Å². The number of benzene rings is 3. The van der Waals surface area contributed by atoms with Crippen LogP contribution in [0, 0.1) is 0 Å². The average molecular weight is 300 g/mol. The first kappa shape index (κ1) is 12.9. The highest BCUT2D eigenvalue weighted by atomic mass is 16.2. The summed E-state index contributed by atoms with van der Waals surface area (Å²) in [4.78, 5) is 14.9. The molecule has 3 nitrogen and oxygen atoms in total. The van der Waals surface area contributed by atoms with E-state index in [0.29, 0.717) is 0 Å². The Morgan fingerprint density at radius 2 is 1.61 bits per heavy atom. The van der Waals surface area contributed by atoms with E-state index >= 15 is 0 Å². The molecule has 1 fully saturated rings. The number of rotatable bonds is 1. The van der Waals surface area contributed by atoms with Crippen LogP contribution in [0.25, 0.3) is 10.8 Å². The van der Waals surface area contributed by atoms with Crippen LogP contribution in [0.2, 0.25) is 0 Å². The third-order valence-corrected chi connectivity index (χ3v) is 5.09. The van der Waals surface area contributed by atoms with Gasteiger partial charge in [-0.05, 0) is 16.8 Å². The Morgan fingerprint density at radius 3 is 2.57 bits per heavy atom. The fourth-order valence-electron chi connectivity index (χ4n) is 4.16. The molecular formula is C20H16N2O. The van der Waals surface area contributed by atoms with Gasteiger partial charge >= 0.3 is 0 Å². The summed E-state index contributed by atoms with van der Waals surface area (Å²) in [6, 6.07) is 22.7. The van der Waals surface area contributed by atoms with Crippen LogP contribution in [-0.2, 0) is 5.66 Å². The second-order valence-corrected chi connectivity index (χ2v) is 6.17. The van der Waals surface area contributed by atoms with Crippen molar-refractivity contribution in [1.82, 2.24) is 10.2 Å². The number of hydrogen-bond donors (Lipinski definition) is 1. The molecule has 0 spiro atoms. The number of nitrogens with zero attached hydrogens (tertiary/aromatic N) is 1. The number of nitrogens with one attached hydrogen (secondary N) is 1. The van der Waals surface area contributed by atoms with Crippen molar-refractivity contribution in [2.75, 3.05) is 13.1 Å². The summed E-state index contributed by atoms with van der Waals surface area (Å²) >= 11 is 0. The fraction of sp³-hybridized carbons (Fsp3) is 0.150. The van der Waals surface area contributed by atoms with Crippen LogP contribution in [0.5, 0.6) is 0 Å². The summed E-state index contributed by atoms with van der Waals surface area (Å²) in [6.07, 6.45) is 0. The van der Waals surface area contributed by atoms with E-state index < -0.39 is 5.66 Å². The molecule has 0 radical (unpaired) electrons. The molecule has 1 N–H and O–H groups in total. The van der Waals surface area contributed by atoms with Crippen LogP contribution >= 0.6 is 0 Å². The van der Waals surface area contributed by atoms with E-state index in [0.717, 1.165) is 29.8 Å². The normalized spacial score (nSPS) is 22.4. The summed E-state index contributed by atoms with van der Waals surface area (Å²) in [6.45, 7) is 1.54. The van der Waals surface area contributed by atoms with E-state index in [1.54, 1.807) is 0 Å². The minimum Gasteiger partial charge on any atom is -0.311 e. The number of amides is 1. The van der Waals surface area contributed by atoms with E-state index in [2.05, 4.69) is 53.8 Å². The minimum atomic E-state index is -0.533. The molecule has 0 bridgehead atoms. The Bertz CT molecular complexity index is 944. The molecule has 0 saturated carbocycles. The van der Waals surface area contributed by atoms with Gasteiger partial charge in [0.25, 0.3) is 5.91 Å². The van der Waals surface area contributed by atoms with Crippen molar-refractivity contribution < 1.29 is 4.79 Å². The lowest BCUT2D eigenvalue weighted by molar-refractivity contribution is 0.0696. The lowest BCUT2D eigenvalue weighted by Gasteiger charge is -2.34. The smallest absolute Gasteiger partial charge is 0.256 e. The zero-order valence-electron chi connectivity index (χ0n) is 12.6. The van der Waals surface area contributed by atoms with Gasteiger partial charge in [-0.25, -0.2) is 0 Å². The molecule has 1 saturated heterocycles. The van der Waals surface area contributed by atoms with E-state index in [4.69, 9.17) is 0 Å². The first-order valence-corrected chi connectivity index (χ1v) is 7.97. The van der Waals surface area contributed by atoms with Crippen LogP contribution in [-0.4, -0.2) is 23.9 Å². The average Bonchev–Trinajstić information content (AvgIpc) is 3.14. The molecule has 5 rings (SSSR count). The van der Waals surface area contributed by atoms with Gasteiger partial charge in [0.15, 0.2) is 0 Å². The topological polar surface area (TPSA) is 32.3 Å². The predicted molar refractivity (Wildman–Crippen MR) is 90.2 cm³/mol. The van der Waals surface area contributed by atoms with E-state index in [1.165, 1.54) is 10.8 Å².